The highest BCUT2D eigenvalue weighted by Crippen LogP contribution is 2.42. The zero-order valence-electron chi connectivity index (χ0n) is 26.5. The standard InChI is InChI=1S/C42H36N4O/c1-31-38(29-44-27-26-40-37(28-32-16-6-2-7-17-32)36-24-14-15-25-39(36)46(40)41(44)47)43-30-45(31)42(33-18-8-3-9-19-33,34-20-10-4-11-21-34)35-22-12-5-13-23-35/h2-25,30H,26-29H2,1H3. The van der Waals surface area contributed by atoms with Gasteiger partial charge in [-0.15, -0.1) is 0 Å². The van der Waals surface area contributed by atoms with Crippen molar-refractivity contribution in [2.75, 3.05) is 6.54 Å². The summed E-state index contributed by atoms with van der Waals surface area (Å²) in [5.74, 6) is 0. The maximum absolute atomic E-state index is 14.3. The molecule has 5 nitrogen and oxygen atoms in total. The lowest BCUT2D eigenvalue weighted by molar-refractivity contribution is 0.190. The van der Waals surface area contributed by atoms with Gasteiger partial charge in [0.05, 0.1) is 24.1 Å². The molecule has 0 radical (unpaired) electrons. The minimum atomic E-state index is -0.652. The van der Waals surface area contributed by atoms with E-state index in [0.717, 1.165) is 57.5 Å². The SMILES string of the molecule is Cc1c(CN2CCc3c(Cc4ccccc4)c4ccccc4n3C2=O)ncn1C(c1ccccc1)(c1ccccc1)c1ccccc1. The minimum absolute atomic E-state index is 0.0103. The third-order valence-corrected chi connectivity index (χ3v) is 9.78. The highest BCUT2D eigenvalue weighted by Gasteiger charge is 2.40. The van der Waals surface area contributed by atoms with E-state index >= 15 is 0 Å². The number of aromatic nitrogens is 3. The summed E-state index contributed by atoms with van der Waals surface area (Å²) in [6.07, 6.45) is 3.56. The molecule has 0 aliphatic carbocycles. The molecular formula is C42H36N4O. The topological polar surface area (TPSA) is 43.1 Å². The van der Waals surface area contributed by atoms with Gasteiger partial charge in [-0.25, -0.2) is 9.78 Å². The molecule has 2 aromatic heterocycles. The van der Waals surface area contributed by atoms with Crippen LogP contribution in [0.1, 0.15) is 44.9 Å². The zero-order chi connectivity index (χ0) is 31.8. The Labute approximate surface area is 275 Å². The first-order chi connectivity index (χ1) is 23.2. The van der Waals surface area contributed by atoms with Gasteiger partial charge in [-0.1, -0.05) is 140 Å². The zero-order valence-corrected chi connectivity index (χ0v) is 26.5. The highest BCUT2D eigenvalue weighted by molar-refractivity contribution is 5.96. The van der Waals surface area contributed by atoms with Crippen LogP contribution in [0.15, 0.2) is 152 Å². The van der Waals surface area contributed by atoms with E-state index in [-0.39, 0.29) is 6.03 Å². The maximum Gasteiger partial charge on any atom is 0.329 e. The number of hydrogen-bond donors (Lipinski definition) is 0. The summed E-state index contributed by atoms with van der Waals surface area (Å²) in [5.41, 5.74) is 9.31. The number of para-hydroxylation sites is 1. The number of carbonyl (C=O) groups excluding carboxylic acids is 1. The lowest BCUT2D eigenvalue weighted by Gasteiger charge is -2.38. The molecule has 8 rings (SSSR count). The quantitative estimate of drug-likeness (QED) is 0.161. The summed E-state index contributed by atoms with van der Waals surface area (Å²) in [6.45, 7) is 3.21. The number of hydrogen-bond acceptors (Lipinski definition) is 2. The highest BCUT2D eigenvalue weighted by atomic mass is 16.2. The van der Waals surface area contributed by atoms with Crippen LogP contribution in [0.25, 0.3) is 10.9 Å². The number of amides is 1. The monoisotopic (exact) mass is 612 g/mol. The van der Waals surface area contributed by atoms with Gasteiger partial charge >= 0.3 is 6.03 Å². The largest absolute Gasteiger partial charge is 0.329 e. The maximum atomic E-state index is 14.3. The Kier molecular flexibility index (Phi) is 7.30. The van der Waals surface area contributed by atoms with Crippen molar-refractivity contribution in [3.05, 3.63) is 197 Å². The summed E-state index contributed by atoms with van der Waals surface area (Å²) in [5, 5.41) is 1.15. The number of nitrogens with zero attached hydrogens (tertiary/aromatic N) is 4. The lowest BCUT2D eigenvalue weighted by Crippen LogP contribution is -2.41. The molecule has 0 atom stereocenters. The van der Waals surface area contributed by atoms with Crippen LogP contribution in [-0.2, 0) is 24.9 Å². The third kappa shape index (κ3) is 4.78. The second-order valence-electron chi connectivity index (χ2n) is 12.3. The Morgan fingerprint density at radius 1 is 0.681 bits per heavy atom. The van der Waals surface area contributed by atoms with Crippen LogP contribution in [0.3, 0.4) is 0 Å². The molecule has 7 aromatic rings. The van der Waals surface area contributed by atoms with Crippen molar-refractivity contribution in [1.29, 1.82) is 0 Å². The van der Waals surface area contributed by atoms with Gasteiger partial charge in [-0.3, -0.25) is 4.57 Å². The molecule has 0 unspecified atom stereocenters. The van der Waals surface area contributed by atoms with Crippen LogP contribution in [-0.4, -0.2) is 31.6 Å². The van der Waals surface area contributed by atoms with Gasteiger partial charge in [0.15, 0.2) is 0 Å². The number of imidazole rings is 1. The fraction of sp³-hybridized carbons (Fsp3) is 0.143. The van der Waals surface area contributed by atoms with E-state index in [0.29, 0.717) is 13.1 Å². The van der Waals surface area contributed by atoms with E-state index in [9.17, 15) is 4.79 Å². The van der Waals surface area contributed by atoms with E-state index < -0.39 is 5.54 Å². The Hall–Kier alpha value is -5.68. The molecule has 0 spiro atoms. The van der Waals surface area contributed by atoms with E-state index in [1.54, 1.807) is 0 Å². The molecule has 1 aliphatic heterocycles. The Morgan fingerprint density at radius 2 is 1.21 bits per heavy atom. The fourth-order valence-electron chi connectivity index (χ4n) is 7.54. The first kappa shape index (κ1) is 28.8. The van der Waals surface area contributed by atoms with Crippen LogP contribution < -0.4 is 0 Å². The Bertz CT molecular complexity index is 2070. The summed E-state index contributed by atoms with van der Waals surface area (Å²) in [4.78, 5) is 21.3. The molecule has 5 heteroatoms. The Morgan fingerprint density at radius 3 is 1.81 bits per heavy atom. The fourth-order valence-corrected chi connectivity index (χ4v) is 7.54. The summed E-state index contributed by atoms with van der Waals surface area (Å²) in [6, 6.07) is 50.8. The van der Waals surface area contributed by atoms with Gasteiger partial charge in [-0.05, 0) is 47.2 Å². The molecule has 0 saturated carbocycles. The average Bonchev–Trinajstić information content (AvgIpc) is 3.65. The van der Waals surface area contributed by atoms with Crippen molar-refractivity contribution in [3.63, 3.8) is 0 Å². The van der Waals surface area contributed by atoms with Crippen molar-refractivity contribution in [3.8, 4) is 0 Å². The van der Waals surface area contributed by atoms with Crippen molar-refractivity contribution >= 4 is 16.9 Å². The summed E-state index contributed by atoms with van der Waals surface area (Å²) in [7, 11) is 0. The predicted octanol–water partition coefficient (Wildman–Crippen LogP) is 8.60. The van der Waals surface area contributed by atoms with E-state index in [1.165, 1.54) is 11.1 Å². The van der Waals surface area contributed by atoms with Crippen LogP contribution in [0.4, 0.5) is 4.79 Å². The van der Waals surface area contributed by atoms with Gasteiger partial charge in [0.1, 0.15) is 5.54 Å². The van der Waals surface area contributed by atoms with Crippen LogP contribution in [0.5, 0.6) is 0 Å². The van der Waals surface area contributed by atoms with Gasteiger partial charge in [0.2, 0.25) is 0 Å². The molecular weight excluding hydrogens is 576 g/mol. The van der Waals surface area contributed by atoms with E-state index in [4.69, 9.17) is 4.98 Å². The average molecular weight is 613 g/mol. The van der Waals surface area contributed by atoms with Crippen LogP contribution in [0.2, 0.25) is 0 Å². The molecule has 0 saturated heterocycles. The molecule has 47 heavy (non-hydrogen) atoms. The number of benzene rings is 5. The molecule has 1 amide bonds. The molecule has 0 N–H and O–H groups in total. The van der Waals surface area contributed by atoms with Crippen molar-refractivity contribution in [1.82, 2.24) is 19.0 Å². The molecule has 5 aromatic carbocycles. The van der Waals surface area contributed by atoms with E-state index in [1.807, 2.05) is 27.9 Å². The summed E-state index contributed by atoms with van der Waals surface area (Å²) < 4.78 is 4.25. The first-order valence-corrected chi connectivity index (χ1v) is 16.3. The molecule has 0 fully saturated rings. The molecule has 3 heterocycles. The Balaban J connectivity index is 1.20. The van der Waals surface area contributed by atoms with Gasteiger partial charge in [0.25, 0.3) is 0 Å². The van der Waals surface area contributed by atoms with Crippen molar-refractivity contribution < 1.29 is 4.79 Å². The number of fused-ring (bicyclic) bond motifs is 3. The summed E-state index contributed by atoms with van der Waals surface area (Å²) >= 11 is 0. The van der Waals surface area contributed by atoms with E-state index in [2.05, 4.69) is 145 Å². The normalized spacial score (nSPS) is 13.2. The minimum Gasteiger partial charge on any atom is -0.318 e. The second kappa shape index (κ2) is 11.9. The van der Waals surface area contributed by atoms with Crippen molar-refractivity contribution in [2.45, 2.75) is 31.8 Å². The van der Waals surface area contributed by atoms with Gasteiger partial charge in [0, 0.05) is 29.7 Å². The number of rotatable bonds is 8. The van der Waals surface area contributed by atoms with Gasteiger partial charge < -0.3 is 9.47 Å². The smallest absolute Gasteiger partial charge is 0.318 e. The molecule has 230 valence electrons. The third-order valence-electron chi connectivity index (χ3n) is 9.78. The second-order valence-corrected chi connectivity index (χ2v) is 12.3. The predicted molar refractivity (Wildman–Crippen MR) is 188 cm³/mol. The van der Waals surface area contributed by atoms with Crippen LogP contribution >= 0.6 is 0 Å². The van der Waals surface area contributed by atoms with Crippen molar-refractivity contribution in [2.24, 2.45) is 0 Å². The number of carbonyl (C=O) groups is 1. The lowest BCUT2D eigenvalue weighted by atomic mass is 9.76. The molecule has 1 aliphatic rings. The first-order valence-electron chi connectivity index (χ1n) is 16.3. The van der Waals surface area contributed by atoms with Crippen LogP contribution in [0, 0.1) is 6.92 Å². The molecule has 0 bridgehead atoms. The van der Waals surface area contributed by atoms with Gasteiger partial charge in [-0.2, -0.15) is 0 Å².